The van der Waals surface area contributed by atoms with Crippen molar-refractivity contribution >= 4 is 23.1 Å². The van der Waals surface area contributed by atoms with Crippen molar-refractivity contribution in [3.8, 4) is 0 Å². The van der Waals surface area contributed by atoms with E-state index in [4.69, 9.17) is 22.5 Å². The first-order chi connectivity index (χ1) is 9.89. The van der Waals surface area contributed by atoms with E-state index < -0.39 is 0 Å². The summed E-state index contributed by atoms with van der Waals surface area (Å²) in [6.07, 6.45) is 3.73. The Bertz CT molecular complexity index is 540. The summed E-state index contributed by atoms with van der Waals surface area (Å²) in [4.78, 5) is 4.53. The lowest BCUT2D eigenvalue weighted by atomic mass is 9.75. The van der Waals surface area contributed by atoms with Crippen molar-refractivity contribution in [1.29, 1.82) is 0 Å². The molecule has 21 heavy (non-hydrogen) atoms. The molecule has 0 unspecified atom stereocenters. The van der Waals surface area contributed by atoms with Crippen LogP contribution in [0.3, 0.4) is 0 Å². The summed E-state index contributed by atoms with van der Waals surface area (Å²) in [6.45, 7) is 0.958. The van der Waals surface area contributed by atoms with Gasteiger partial charge in [-0.2, -0.15) is 0 Å². The maximum absolute atomic E-state index is 8.73. The normalized spacial score (nSPS) is 17.7. The van der Waals surface area contributed by atoms with Gasteiger partial charge in [-0.3, -0.25) is 0 Å². The number of hydrogen-bond acceptors (Lipinski definition) is 4. The molecule has 0 saturated heterocycles. The summed E-state index contributed by atoms with van der Waals surface area (Å²) >= 11 is 6.22. The molecule has 0 heterocycles. The molecule has 0 atom stereocenters. The monoisotopic (exact) mass is 310 g/mol. The summed E-state index contributed by atoms with van der Waals surface area (Å²) in [7, 11) is 6.35. The predicted octanol–water partition coefficient (Wildman–Crippen LogP) is 2.35. The topological polar surface area (TPSA) is 65.1 Å². The lowest BCUT2D eigenvalue weighted by Crippen LogP contribution is -2.56. The fourth-order valence-electron chi connectivity index (χ4n) is 2.87. The van der Waals surface area contributed by atoms with Crippen molar-refractivity contribution < 1.29 is 5.21 Å². The zero-order valence-electron chi connectivity index (χ0n) is 12.8. The number of nitrogens with zero attached hydrogens (tertiary/aromatic N) is 3. The van der Waals surface area contributed by atoms with Gasteiger partial charge in [0.1, 0.15) is 0 Å². The van der Waals surface area contributed by atoms with E-state index in [0.717, 1.165) is 12.2 Å². The third kappa shape index (κ3) is 3.09. The van der Waals surface area contributed by atoms with Gasteiger partial charge in [-0.05, 0) is 51.6 Å². The van der Waals surface area contributed by atoms with Crippen LogP contribution in [0.25, 0.3) is 0 Å². The van der Waals surface area contributed by atoms with E-state index in [1.807, 2.05) is 12.1 Å². The highest BCUT2D eigenvalue weighted by Crippen LogP contribution is 2.37. The smallest absolute Gasteiger partial charge is 0.171 e. The number of oxime groups is 1. The van der Waals surface area contributed by atoms with E-state index in [2.05, 4.69) is 36.1 Å². The highest BCUT2D eigenvalue weighted by molar-refractivity contribution is 6.34. The molecule has 0 bridgehead atoms. The maximum Gasteiger partial charge on any atom is 0.171 e. The second-order valence-electron chi connectivity index (χ2n) is 5.98. The molecule has 2 rings (SSSR count). The SMILES string of the molecule is CN(CC1(N(C)C)CCC1)c1ccc(/C(N)=N/O)c(Cl)c1. The lowest BCUT2D eigenvalue weighted by Gasteiger charge is -2.49. The molecule has 0 aliphatic heterocycles. The Kier molecular flexibility index (Phi) is 4.64. The number of hydrogen-bond donors (Lipinski definition) is 2. The van der Waals surface area contributed by atoms with Crippen LogP contribution < -0.4 is 10.6 Å². The first-order valence-electron chi connectivity index (χ1n) is 7.06. The second-order valence-corrected chi connectivity index (χ2v) is 6.38. The van der Waals surface area contributed by atoms with Crippen molar-refractivity contribution in [2.45, 2.75) is 24.8 Å². The van der Waals surface area contributed by atoms with E-state index in [1.54, 1.807) is 6.07 Å². The van der Waals surface area contributed by atoms with Crippen molar-refractivity contribution in [3.63, 3.8) is 0 Å². The third-order valence-corrected chi connectivity index (χ3v) is 4.85. The number of anilines is 1. The lowest BCUT2D eigenvalue weighted by molar-refractivity contribution is 0.0683. The predicted molar refractivity (Wildman–Crippen MR) is 87.5 cm³/mol. The zero-order valence-corrected chi connectivity index (χ0v) is 13.6. The fraction of sp³-hybridized carbons (Fsp3) is 0.533. The van der Waals surface area contributed by atoms with Gasteiger partial charge in [0.05, 0.1) is 5.02 Å². The molecule has 0 aromatic heterocycles. The summed E-state index contributed by atoms with van der Waals surface area (Å²) < 4.78 is 0. The summed E-state index contributed by atoms with van der Waals surface area (Å²) in [5.41, 5.74) is 7.42. The summed E-state index contributed by atoms with van der Waals surface area (Å²) in [5, 5.41) is 12.2. The molecule has 5 nitrogen and oxygen atoms in total. The van der Waals surface area contributed by atoms with Crippen molar-refractivity contribution in [2.24, 2.45) is 10.9 Å². The largest absolute Gasteiger partial charge is 0.409 e. The molecule has 1 fully saturated rings. The van der Waals surface area contributed by atoms with Crippen LogP contribution in [0.1, 0.15) is 24.8 Å². The Morgan fingerprint density at radius 3 is 2.48 bits per heavy atom. The molecule has 116 valence electrons. The number of nitrogens with two attached hydrogens (primary N) is 1. The van der Waals surface area contributed by atoms with Crippen LogP contribution in [0.4, 0.5) is 5.69 Å². The minimum Gasteiger partial charge on any atom is -0.409 e. The van der Waals surface area contributed by atoms with E-state index in [0.29, 0.717) is 10.6 Å². The Labute approximate surface area is 131 Å². The molecule has 1 saturated carbocycles. The molecular weight excluding hydrogens is 288 g/mol. The standard InChI is InChI=1S/C15H23ClN4O/c1-19(2)15(7-4-8-15)10-20(3)11-5-6-12(13(16)9-11)14(17)18-21/h5-6,9,21H,4,7-8,10H2,1-3H3,(H2,17,18). The molecule has 1 aromatic rings. The molecule has 0 spiro atoms. The maximum atomic E-state index is 8.73. The Morgan fingerprint density at radius 1 is 1.38 bits per heavy atom. The Hall–Kier alpha value is -1.46. The molecule has 6 heteroatoms. The molecule has 3 N–H and O–H groups in total. The summed E-state index contributed by atoms with van der Waals surface area (Å²) in [6, 6.07) is 5.59. The van der Waals surface area contributed by atoms with Crippen LogP contribution in [0.2, 0.25) is 5.02 Å². The Balaban J connectivity index is 2.17. The molecular formula is C15H23ClN4O. The van der Waals surface area contributed by atoms with Crippen LogP contribution in [0.15, 0.2) is 23.4 Å². The highest BCUT2D eigenvalue weighted by atomic mass is 35.5. The molecule has 1 aliphatic rings. The zero-order chi connectivity index (χ0) is 15.6. The third-order valence-electron chi connectivity index (χ3n) is 4.54. The van der Waals surface area contributed by atoms with Gasteiger partial charge in [-0.1, -0.05) is 16.8 Å². The van der Waals surface area contributed by atoms with Crippen LogP contribution in [-0.2, 0) is 0 Å². The van der Waals surface area contributed by atoms with Gasteiger partial charge in [-0.15, -0.1) is 0 Å². The average Bonchev–Trinajstić information content (AvgIpc) is 2.41. The first kappa shape index (κ1) is 15.9. The molecule has 1 aliphatic carbocycles. The minimum absolute atomic E-state index is 0.0259. The van der Waals surface area contributed by atoms with Crippen LogP contribution >= 0.6 is 11.6 Å². The van der Waals surface area contributed by atoms with Crippen LogP contribution in [0, 0.1) is 0 Å². The van der Waals surface area contributed by atoms with Crippen molar-refractivity contribution in [1.82, 2.24) is 4.90 Å². The van der Waals surface area contributed by atoms with Crippen molar-refractivity contribution in [2.75, 3.05) is 32.6 Å². The number of amidine groups is 1. The minimum atomic E-state index is 0.0259. The van der Waals surface area contributed by atoms with E-state index >= 15 is 0 Å². The quantitative estimate of drug-likeness (QED) is 0.379. The fourth-order valence-corrected chi connectivity index (χ4v) is 3.14. The molecule has 0 radical (unpaired) electrons. The van der Waals surface area contributed by atoms with E-state index in [9.17, 15) is 0 Å². The van der Waals surface area contributed by atoms with Gasteiger partial charge in [0, 0.05) is 30.4 Å². The second kappa shape index (κ2) is 6.12. The molecule has 0 amide bonds. The van der Waals surface area contributed by atoms with Gasteiger partial charge in [-0.25, -0.2) is 0 Å². The van der Waals surface area contributed by atoms with Gasteiger partial charge in [0.2, 0.25) is 0 Å². The summed E-state index contributed by atoms with van der Waals surface area (Å²) in [5.74, 6) is 0.0259. The van der Waals surface area contributed by atoms with Gasteiger partial charge in [0.15, 0.2) is 5.84 Å². The first-order valence-corrected chi connectivity index (χ1v) is 7.43. The number of benzene rings is 1. The van der Waals surface area contributed by atoms with Crippen LogP contribution in [-0.4, -0.2) is 49.2 Å². The van der Waals surface area contributed by atoms with E-state index in [1.165, 1.54) is 19.3 Å². The van der Waals surface area contributed by atoms with Gasteiger partial charge < -0.3 is 20.7 Å². The van der Waals surface area contributed by atoms with E-state index in [-0.39, 0.29) is 11.4 Å². The van der Waals surface area contributed by atoms with Gasteiger partial charge in [0.25, 0.3) is 0 Å². The highest BCUT2D eigenvalue weighted by Gasteiger charge is 2.39. The van der Waals surface area contributed by atoms with Crippen LogP contribution in [0.5, 0.6) is 0 Å². The number of likely N-dealkylation sites (N-methyl/N-ethyl adjacent to an activating group) is 2. The number of halogens is 1. The molecule has 1 aromatic carbocycles. The Morgan fingerprint density at radius 2 is 2.05 bits per heavy atom. The number of rotatable bonds is 5. The van der Waals surface area contributed by atoms with Gasteiger partial charge >= 0.3 is 0 Å². The van der Waals surface area contributed by atoms with Crippen molar-refractivity contribution in [3.05, 3.63) is 28.8 Å². The average molecular weight is 311 g/mol.